The van der Waals surface area contributed by atoms with E-state index in [4.69, 9.17) is 15.2 Å². The molecular formula is C15H20N2O4. The first-order chi connectivity index (χ1) is 9.95. The molecule has 1 amide bonds. The number of ether oxygens (including phenoxy) is 2. The topological polar surface area (TPSA) is 81.9 Å². The number of para-hydroxylation sites is 1. The highest BCUT2D eigenvalue weighted by Gasteiger charge is 2.37. The number of hydrogen-bond donors (Lipinski definition) is 1. The third kappa shape index (κ3) is 2.94. The highest BCUT2D eigenvalue weighted by molar-refractivity contribution is 6.05. The van der Waals surface area contributed by atoms with Gasteiger partial charge in [-0.2, -0.15) is 0 Å². The van der Waals surface area contributed by atoms with Crippen molar-refractivity contribution in [3.63, 3.8) is 0 Å². The molecule has 0 saturated heterocycles. The molecule has 0 aliphatic carbocycles. The molecule has 2 rings (SSSR count). The predicted molar refractivity (Wildman–Crippen MR) is 79.1 cm³/mol. The molecule has 0 aromatic heterocycles. The maximum Gasteiger partial charge on any atom is 0.329 e. The molecule has 0 radical (unpaired) electrons. The Hall–Kier alpha value is -2.24. The van der Waals surface area contributed by atoms with Crippen molar-refractivity contribution >= 4 is 23.3 Å². The number of anilines is 2. The van der Waals surface area contributed by atoms with E-state index in [1.807, 2.05) is 6.92 Å². The second-order valence-electron chi connectivity index (χ2n) is 5.16. The summed E-state index contributed by atoms with van der Waals surface area (Å²) < 4.78 is 10.6. The maximum absolute atomic E-state index is 12.3. The summed E-state index contributed by atoms with van der Waals surface area (Å²) in [5.74, 6) is -0.227. The van der Waals surface area contributed by atoms with Gasteiger partial charge in [0.1, 0.15) is 17.5 Å². The number of rotatable bonds is 4. The zero-order valence-corrected chi connectivity index (χ0v) is 12.5. The van der Waals surface area contributed by atoms with E-state index in [0.29, 0.717) is 23.5 Å². The standard InChI is InChI=1S/C15H20N2O4/c1-4-11(15(19)21-9(2)3)17-13(18)8-20-12-7-5-6-10(16)14(12)17/h5-7,9,11H,4,8,16H2,1-3H3. The Kier molecular flexibility index (Phi) is 4.35. The van der Waals surface area contributed by atoms with E-state index in [1.54, 1.807) is 32.0 Å². The fourth-order valence-corrected chi connectivity index (χ4v) is 2.34. The molecule has 0 fully saturated rings. The van der Waals surface area contributed by atoms with Gasteiger partial charge < -0.3 is 15.2 Å². The van der Waals surface area contributed by atoms with Crippen molar-refractivity contribution in [2.45, 2.75) is 39.3 Å². The van der Waals surface area contributed by atoms with E-state index < -0.39 is 12.0 Å². The molecule has 114 valence electrons. The minimum Gasteiger partial charge on any atom is -0.481 e. The Bertz CT molecular complexity index is 557. The van der Waals surface area contributed by atoms with Crippen molar-refractivity contribution in [3.8, 4) is 5.75 Å². The van der Waals surface area contributed by atoms with Crippen molar-refractivity contribution in [1.82, 2.24) is 0 Å². The maximum atomic E-state index is 12.3. The summed E-state index contributed by atoms with van der Waals surface area (Å²) >= 11 is 0. The zero-order valence-electron chi connectivity index (χ0n) is 12.5. The van der Waals surface area contributed by atoms with Crippen molar-refractivity contribution in [2.24, 2.45) is 0 Å². The van der Waals surface area contributed by atoms with Gasteiger partial charge in [-0.05, 0) is 32.4 Å². The Balaban J connectivity index is 2.42. The third-order valence-corrected chi connectivity index (χ3v) is 3.21. The first-order valence-electron chi connectivity index (χ1n) is 6.99. The summed E-state index contributed by atoms with van der Waals surface area (Å²) in [5, 5.41) is 0. The molecule has 6 nitrogen and oxygen atoms in total. The summed E-state index contributed by atoms with van der Waals surface area (Å²) in [6.45, 7) is 5.26. The summed E-state index contributed by atoms with van der Waals surface area (Å²) in [6, 6.07) is 4.45. The lowest BCUT2D eigenvalue weighted by molar-refractivity contribution is -0.150. The lowest BCUT2D eigenvalue weighted by Crippen LogP contribution is -2.50. The van der Waals surface area contributed by atoms with Crippen LogP contribution in [0.5, 0.6) is 5.75 Å². The summed E-state index contributed by atoms with van der Waals surface area (Å²) in [5.41, 5.74) is 6.81. The van der Waals surface area contributed by atoms with Gasteiger partial charge in [0.15, 0.2) is 6.61 Å². The molecule has 0 spiro atoms. The Morgan fingerprint density at radius 1 is 1.48 bits per heavy atom. The van der Waals surface area contributed by atoms with Gasteiger partial charge in [-0.15, -0.1) is 0 Å². The van der Waals surface area contributed by atoms with Crippen LogP contribution in [0, 0.1) is 0 Å². The van der Waals surface area contributed by atoms with Crippen LogP contribution in [0.4, 0.5) is 11.4 Å². The molecule has 0 saturated carbocycles. The largest absolute Gasteiger partial charge is 0.481 e. The van der Waals surface area contributed by atoms with Crippen molar-refractivity contribution < 1.29 is 19.1 Å². The van der Waals surface area contributed by atoms with Crippen LogP contribution < -0.4 is 15.4 Å². The van der Waals surface area contributed by atoms with E-state index in [1.165, 1.54) is 4.90 Å². The molecule has 1 unspecified atom stereocenters. The molecule has 1 aliphatic rings. The molecule has 1 atom stereocenters. The minimum atomic E-state index is -0.702. The fourth-order valence-electron chi connectivity index (χ4n) is 2.34. The molecule has 1 aliphatic heterocycles. The molecule has 21 heavy (non-hydrogen) atoms. The lowest BCUT2D eigenvalue weighted by atomic mass is 10.1. The Morgan fingerprint density at radius 3 is 2.81 bits per heavy atom. The van der Waals surface area contributed by atoms with Gasteiger partial charge in [-0.1, -0.05) is 13.0 Å². The summed E-state index contributed by atoms with van der Waals surface area (Å²) in [6.07, 6.45) is 0.195. The average molecular weight is 292 g/mol. The van der Waals surface area contributed by atoms with E-state index in [-0.39, 0.29) is 18.6 Å². The second-order valence-corrected chi connectivity index (χ2v) is 5.16. The van der Waals surface area contributed by atoms with Crippen LogP contribution in [0.2, 0.25) is 0 Å². The molecule has 1 heterocycles. The number of nitrogens with two attached hydrogens (primary N) is 1. The SMILES string of the molecule is CCC(C(=O)OC(C)C)N1C(=O)COc2cccc(N)c21. The lowest BCUT2D eigenvalue weighted by Gasteiger charge is -2.35. The normalized spacial score (nSPS) is 15.4. The number of benzene rings is 1. The van der Waals surface area contributed by atoms with Crippen LogP contribution in [0.1, 0.15) is 27.2 Å². The highest BCUT2D eigenvalue weighted by Crippen LogP contribution is 2.38. The number of fused-ring (bicyclic) bond motifs is 1. The Morgan fingerprint density at radius 2 is 2.19 bits per heavy atom. The van der Waals surface area contributed by atoms with Crippen LogP contribution in [0.25, 0.3) is 0 Å². The predicted octanol–water partition coefficient (Wildman–Crippen LogP) is 1.72. The molecule has 0 bridgehead atoms. The van der Waals surface area contributed by atoms with Crippen LogP contribution >= 0.6 is 0 Å². The number of amides is 1. The van der Waals surface area contributed by atoms with Crippen molar-refractivity contribution in [1.29, 1.82) is 0 Å². The molecule has 1 aromatic carbocycles. The number of carbonyl (C=O) groups excluding carboxylic acids is 2. The minimum absolute atomic E-state index is 0.109. The van der Waals surface area contributed by atoms with Crippen molar-refractivity contribution in [2.75, 3.05) is 17.2 Å². The van der Waals surface area contributed by atoms with Gasteiger partial charge in [-0.3, -0.25) is 9.69 Å². The van der Waals surface area contributed by atoms with Gasteiger partial charge >= 0.3 is 5.97 Å². The number of esters is 1. The molecule has 2 N–H and O–H groups in total. The molecule has 6 heteroatoms. The van der Waals surface area contributed by atoms with Crippen LogP contribution in [0.15, 0.2) is 18.2 Å². The van der Waals surface area contributed by atoms with Crippen LogP contribution in [0.3, 0.4) is 0 Å². The smallest absolute Gasteiger partial charge is 0.329 e. The average Bonchev–Trinajstić information content (AvgIpc) is 2.41. The van der Waals surface area contributed by atoms with Crippen LogP contribution in [-0.4, -0.2) is 30.6 Å². The Labute approximate surface area is 123 Å². The third-order valence-electron chi connectivity index (χ3n) is 3.21. The van der Waals surface area contributed by atoms with Gasteiger partial charge in [0.25, 0.3) is 5.91 Å². The monoisotopic (exact) mass is 292 g/mol. The van der Waals surface area contributed by atoms with Gasteiger partial charge in [-0.25, -0.2) is 4.79 Å². The van der Waals surface area contributed by atoms with Gasteiger partial charge in [0.05, 0.1) is 11.8 Å². The van der Waals surface area contributed by atoms with Gasteiger partial charge in [0, 0.05) is 0 Å². The summed E-state index contributed by atoms with van der Waals surface area (Å²) in [4.78, 5) is 25.9. The van der Waals surface area contributed by atoms with Crippen molar-refractivity contribution in [3.05, 3.63) is 18.2 Å². The number of hydrogen-bond acceptors (Lipinski definition) is 5. The number of carbonyl (C=O) groups is 2. The zero-order chi connectivity index (χ0) is 15.6. The van der Waals surface area contributed by atoms with E-state index in [2.05, 4.69) is 0 Å². The van der Waals surface area contributed by atoms with E-state index in [0.717, 1.165) is 0 Å². The first kappa shape index (κ1) is 15.2. The van der Waals surface area contributed by atoms with Crippen LogP contribution in [-0.2, 0) is 14.3 Å². The van der Waals surface area contributed by atoms with E-state index in [9.17, 15) is 9.59 Å². The van der Waals surface area contributed by atoms with E-state index >= 15 is 0 Å². The quantitative estimate of drug-likeness (QED) is 0.675. The summed E-state index contributed by atoms with van der Waals surface area (Å²) in [7, 11) is 0. The highest BCUT2D eigenvalue weighted by atomic mass is 16.5. The fraction of sp³-hybridized carbons (Fsp3) is 0.467. The number of nitrogens with zero attached hydrogens (tertiary/aromatic N) is 1. The first-order valence-corrected chi connectivity index (χ1v) is 6.99. The second kappa shape index (κ2) is 6.03. The molecule has 1 aromatic rings. The molecular weight excluding hydrogens is 272 g/mol. The number of nitrogen functional groups attached to an aromatic ring is 1. The van der Waals surface area contributed by atoms with Gasteiger partial charge in [0.2, 0.25) is 0 Å².